The molecular formula is C16H26FNO. The van der Waals surface area contributed by atoms with Crippen LogP contribution < -0.4 is 5.32 Å². The van der Waals surface area contributed by atoms with Gasteiger partial charge in [-0.1, -0.05) is 26.8 Å². The Morgan fingerprint density at radius 3 is 2.63 bits per heavy atom. The second-order valence-corrected chi connectivity index (χ2v) is 5.46. The number of nitrogens with one attached hydrogen (secondary N) is 1. The van der Waals surface area contributed by atoms with Crippen molar-refractivity contribution in [1.82, 2.24) is 5.32 Å². The number of rotatable bonds is 8. The largest absolute Gasteiger partial charge is 0.374 e. The molecule has 0 fully saturated rings. The van der Waals surface area contributed by atoms with Gasteiger partial charge in [0.05, 0.1) is 12.7 Å². The standard InChI is InChI=1S/C16H26FNO/c1-5-18-10-14-6-7-16(17)15(9-14)11-19-13(4)8-12(2)3/h6-7,9,12-13,18H,5,8,10-11H2,1-4H3. The molecule has 1 rings (SSSR count). The van der Waals surface area contributed by atoms with Crippen LogP contribution in [0.4, 0.5) is 4.39 Å². The van der Waals surface area contributed by atoms with E-state index in [2.05, 4.69) is 26.1 Å². The number of hydrogen-bond acceptors (Lipinski definition) is 2. The van der Waals surface area contributed by atoms with Crippen molar-refractivity contribution in [2.75, 3.05) is 6.54 Å². The molecule has 0 aliphatic heterocycles. The molecule has 0 aromatic heterocycles. The molecule has 0 spiro atoms. The van der Waals surface area contributed by atoms with E-state index >= 15 is 0 Å². The van der Waals surface area contributed by atoms with E-state index in [1.165, 1.54) is 6.07 Å². The summed E-state index contributed by atoms with van der Waals surface area (Å²) in [5.74, 6) is 0.414. The second kappa shape index (κ2) is 8.28. The van der Waals surface area contributed by atoms with Crippen LogP contribution in [-0.2, 0) is 17.9 Å². The Kier molecular flexibility index (Phi) is 7.03. The molecule has 1 aromatic rings. The van der Waals surface area contributed by atoms with Crippen molar-refractivity contribution in [2.24, 2.45) is 5.92 Å². The van der Waals surface area contributed by atoms with Gasteiger partial charge in [0.2, 0.25) is 0 Å². The lowest BCUT2D eigenvalue weighted by molar-refractivity contribution is 0.0382. The first kappa shape index (κ1) is 16.1. The first-order chi connectivity index (χ1) is 9.02. The zero-order valence-corrected chi connectivity index (χ0v) is 12.5. The maximum Gasteiger partial charge on any atom is 0.128 e. The van der Waals surface area contributed by atoms with Crippen LogP contribution in [0.2, 0.25) is 0 Å². The van der Waals surface area contributed by atoms with Crippen LogP contribution in [0, 0.1) is 11.7 Å². The Labute approximate surface area is 116 Å². The molecule has 2 nitrogen and oxygen atoms in total. The lowest BCUT2D eigenvalue weighted by atomic mass is 10.1. The van der Waals surface area contributed by atoms with Crippen LogP contribution in [0.1, 0.15) is 45.2 Å². The molecule has 0 radical (unpaired) electrons. The van der Waals surface area contributed by atoms with E-state index < -0.39 is 0 Å². The van der Waals surface area contributed by atoms with E-state index in [0.717, 1.165) is 25.1 Å². The molecule has 0 aliphatic rings. The van der Waals surface area contributed by atoms with Gasteiger partial charge in [0.25, 0.3) is 0 Å². The summed E-state index contributed by atoms with van der Waals surface area (Å²) >= 11 is 0. The summed E-state index contributed by atoms with van der Waals surface area (Å²) in [6.07, 6.45) is 1.16. The molecule has 0 amide bonds. The molecule has 0 bridgehead atoms. The van der Waals surface area contributed by atoms with Crippen molar-refractivity contribution in [2.45, 2.75) is 53.4 Å². The number of hydrogen-bond donors (Lipinski definition) is 1. The van der Waals surface area contributed by atoms with Gasteiger partial charge in [0, 0.05) is 12.1 Å². The highest BCUT2D eigenvalue weighted by molar-refractivity contribution is 5.24. The van der Waals surface area contributed by atoms with Gasteiger partial charge in [0.15, 0.2) is 0 Å². The Bertz CT molecular complexity index is 379. The minimum Gasteiger partial charge on any atom is -0.374 e. The molecule has 0 aliphatic carbocycles. The van der Waals surface area contributed by atoms with Crippen molar-refractivity contribution < 1.29 is 9.13 Å². The average Bonchev–Trinajstić information content (AvgIpc) is 2.35. The number of ether oxygens (including phenoxy) is 1. The first-order valence-electron chi connectivity index (χ1n) is 7.12. The van der Waals surface area contributed by atoms with Gasteiger partial charge < -0.3 is 10.1 Å². The molecule has 1 atom stereocenters. The summed E-state index contributed by atoms with van der Waals surface area (Å²) in [7, 11) is 0. The molecule has 0 heterocycles. The summed E-state index contributed by atoms with van der Waals surface area (Å²) in [6, 6.07) is 5.23. The van der Waals surface area contributed by atoms with Gasteiger partial charge in [-0.25, -0.2) is 4.39 Å². The predicted octanol–water partition coefficient (Wildman–Crippen LogP) is 3.89. The molecule has 1 unspecified atom stereocenters. The van der Waals surface area contributed by atoms with Crippen LogP contribution in [0.5, 0.6) is 0 Å². The zero-order valence-electron chi connectivity index (χ0n) is 12.5. The molecule has 19 heavy (non-hydrogen) atoms. The van der Waals surface area contributed by atoms with E-state index in [1.54, 1.807) is 0 Å². The third kappa shape index (κ3) is 6.17. The van der Waals surface area contributed by atoms with E-state index in [4.69, 9.17) is 4.74 Å². The summed E-state index contributed by atoms with van der Waals surface area (Å²) in [5, 5.41) is 3.24. The Morgan fingerprint density at radius 1 is 1.26 bits per heavy atom. The number of benzene rings is 1. The van der Waals surface area contributed by atoms with Crippen molar-refractivity contribution in [3.63, 3.8) is 0 Å². The van der Waals surface area contributed by atoms with Crippen LogP contribution in [-0.4, -0.2) is 12.6 Å². The van der Waals surface area contributed by atoms with E-state index in [-0.39, 0.29) is 11.9 Å². The Balaban J connectivity index is 2.56. The van der Waals surface area contributed by atoms with Crippen LogP contribution in [0.3, 0.4) is 0 Å². The Hall–Kier alpha value is -0.930. The molecule has 3 heteroatoms. The SMILES string of the molecule is CCNCc1ccc(F)c(COC(C)CC(C)C)c1. The molecule has 0 saturated heterocycles. The average molecular weight is 267 g/mol. The summed E-state index contributed by atoms with van der Waals surface area (Å²) in [4.78, 5) is 0. The van der Waals surface area contributed by atoms with E-state index in [0.29, 0.717) is 18.1 Å². The van der Waals surface area contributed by atoms with Crippen molar-refractivity contribution >= 4 is 0 Å². The molecule has 0 saturated carbocycles. The minimum atomic E-state index is -0.183. The smallest absolute Gasteiger partial charge is 0.128 e. The lowest BCUT2D eigenvalue weighted by Gasteiger charge is -2.16. The normalized spacial score (nSPS) is 12.9. The lowest BCUT2D eigenvalue weighted by Crippen LogP contribution is -2.13. The summed E-state index contributed by atoms with van der Waals surface area (Å²) in [6.45, 7) is 10.5. The first-order valence-corrected chi connectivity index (χ1v) is 7.12. The van der Waals surface area contributed by atoms with Gasteiger partial charge in [-0.2, -0.15) is 0 Å². The highest BCUT2D eigenvalue weighted by atomic mass is 19.1. The van der Waals surface area contributed by atoms with Crippen LogP contribution in [0.25, 0.3) is 0 Å². The third-order valence-corrected chi connectivity index (χ3v) is 3.02. The van der Waals surface area contributed by atoms with Crippen LogP contribution in [0.15, 0.2) is 18.2 Å². The minimum absolute atomic E-state index is 0.164. The summed E-state index contributed by atoms with van der Waals surface area (Å²) in [5.41, 5.74) is 1.74. The monoisotopic (exact) mass is 267 g/mol. The van der Waals surface area contributed by atoms with Gasteiger partial charge in [-0.3, -0.25) is 0 Å². The van der Waals surface area contributed by atoms with Crippen LogP contribution >= 0.6 is 0 Å². The van der Waals surface area contributed by atoms with Gasteiger partial charge in [0.1, 0.15) is 5.82 Å². The third-order valence-electron chi connectivity index (χ3n) is 3.02. The molecular weight excluding hydrogens is 241 g/mol. The predicted molar refractivity (Wildman–Crippen MR) is 77.5 cm³/mol. The van der Waals surface area contributed by atoms with Crippen molar-refractivity contribution in [1.29, 1.82) is 0 Å². The topological polar surface area (TPSA) is 21.3 Å². The van der Waals surface area contributed by atoms with E-state index in [9.17, 15) is 4.39 Å². The highest BCUT2D eigenvalue weighted by Gasteiger charge is 2.08. The molecule has 1 N–H and O–H groups in total. The fourth-order valence-electron chi connectivity index (χ4n) is 2.08. The van der Waals surface area contributed by atoms with Crippen molar-refractivity contribution in [3.8, 4) is 0 Å². The van der Waals surface area contributed by atoms with Gasteiger partial charge in [-0.15, -0.1) is 0 Å². The highest BCUT2D eigenvalue weighted by Crippen LogP contribution is 2.15. The maximum absolute atomic E-state index is 13.7. The quantitative estimate of drug-likeness (QED) is 0.771. The van der Waals surface area contributed by atoms with E-state index in [1.807, 2.05) is 19.1 Å². The Morgan fingerprint density at radius 2 is 2.00 bits per heavy atom. The second-order valence-electron chi connectivity index (χ2n) is 5.46. The molecule has 1 aromatic carbocycles. The molecule has 108 valence electrons. The van der Waals surface area contributed by atoms with Gasteiger partial charge in [-0.05, 0) is 43.5 Å². The fourth-order valence-corrected chi connectivity index (χ4v) is 2.08. The van der Waals surface area contributed by atoms with Crippen molar-refractivity contribution in [3.05, 3.63) is 35.1 Å². The maximum atomic E-state index is 13.7. The fraction of sp³-hybridized carbons (Fsp3) is 0.625. The van der Waals surface area contributed by atoms with Gasteiger partial charge >= 0.3 is 0 Å². The zero-order chi connectivity index (χ0) is 14.3. The summed E-state index contributed by atoms with van der Waals surface area (Å²) < 4.78 is 19.4. The number of halogens is 1.